The quantitative estimate of drug-likeness (QED) is 0.240. The molecule has 3 rings (SSSR count). The van der Waals surface area contributed by atoms with E-state index in [4.69, 9.17) is 0 Å². The van der Waals surface area contributed by atoms with E-state index in [1.54, 1.807) is 0 Å². The second-order valence-corrected chi connectivity index (χ2v) is 18.7. The van der Waals surface area contributed by atoms with Crippen LogP contribution in [0, 0.1) is 5.41 Å². The number of hydrogen-bond acceptors (Lipinski definition) is 2. The van der Waals surface area contributed by atoms with Crippen LogP contribution in [0.3, 0.4) is 0 Å². The van der Waals surface area contributed by atoms with Gasteiger partial charge in [0.05, 0.1) is 0 Å². The van der Waals surface area contributed by atoms with Gasteiger partial charge in [-0.1, -0.05) is 0 Å². The molecule has 182 valence electrons. The number of halogens is 1. The molecular formula is C29H38BrN2OP. The van der Waals surface area contributed by atoms with Crippen molar-refractivity contribution in [2.45, 2.75) is 33.1 Å². The summed E-state index contributed by atoms with van der Waals surface area (Å²) in [7, 11) is 1.92. The zero-order valence-electron chi connectivity index (χ0n) is 20.6. The van der Waals surface area contributed by atoms with Crippen LogP contribution in [0.4, 0.5) is 0 Å². The summed E-state index contributed by atoms with van der Waals surface area (Å²) < 4.78 is 0. The van der Waals surface area contributed by atoms with Crippen molar-refractivity contribution in [3.63, 3.8) is 0 Å². The van der Waals surface area contributed by atoms with Gasteiger partial charge in [-0.2, -0.15) is 0 Å². The first-order valence-corrected chi connectivity index (χ1v) is 16.6. The monoisotopic (exact) mass is 540 g/mol. The zero-order valence-corrected chi connectivity index (χ0v) is 23.1. The molecule has 3 nitrogen and oxygen atoms in total. The molecule has 3 aromatic carbocycles. The molecule has 0 unspecified atom stereocenters. The zero-order chi connectivity index (χ0) is 24.5. The van der Waals surface area contributed by atoms with E-state index in [1.165, 1.54) is 15.9 Å². The second-order valence-electron chi connectivity index (χ2n) is 9.61. The molecule has 0 bridgehead atoms. The number of carbonyl (C=O) groups is 1. The molecule has 0 heterocycles. The molecule has 0 atom stereocenters. The van der Waals surface area contributed by atoms with Gasteiger partial charge in [-0.05, 0) is 0 Å². The van der Waals surface area contributed by atoms with Crippen molar-refractivity contribution in [1.29, 1.82) is 0 Å². The third-order valence-electron chi connectivity index (χ3n) is 6.79. The summed E-state index contributed by atoms with van der Waals surface area (Å²) in [4.78, 5) is 12.7. The van der Waals surface area contributed by atoms with Gasteiger partial charge < -0.3 is 0 Å². The minimum absolute atomic E-state index is 0.133. The predicted molar refractivity (Wildman–Crippen MR) is 154 cm³/mol. The molecular weight excluding hydrogens is 503 g/mol. The van der Waals surface area contributed by atoms with Crippen LogP contribution in [0.1, 0.15) is 33.1 Å². The molecule has 0 saturated heterocycles. The van der Waals surface area contributed by atoms with E-state index in [2.05, 4.69) is 117 Å². The Morgan fingerprint density at radius 3 is 1.62 bits per heavy atom. The van der Waals surface area contributed by atoms with E-state index in [0.717, 1.165) is 32.0 Å². The van der Waals surface area contributed by atoms with Crippen molar-refractivity contribution in [3.8, 4) is 0 Å². The van der Waals surface area contributed by atoms with E-state index in [9.17, 15) is 4.79 Å². The molecule has 34 heavy (non-hydrogen) atoms. The van der Waals surface area contributed by atoms with Gasteiger partial charge in [0.2, 0.25) is 0 Å². The fraction of sp³-hybridized carbons (Fsp3) is 0.345. The van der Waals surface area contributed by atoms with Crippen LogP contribution in [-0.2, 0) is 4.79 Å². The summed E-state index contributed by atoms with van der Waals surface area (Å²) in [6, 6.07) is 32.6. The van der Waals surface area contributed by atoms with E-state index in [0.29, 0.717) is 6.54 Å². The molecule has 2 N–H and O–H groups in total. The van der Waals surface area contributed by atoms with E-state index in [-0.39, 0.29) is 11.3 Å². The van der Waals surface area contributed by atoms with Gasteiger partial charge in [0, 0.05) is 0 Å². The van der Waals surface area contributed by atoms with E-state index >= 15 is 0 Å². The SMILES string of the molecule is CNCCC(C)(C)C(=O)NCCCCP(Br)(c1ccccc1)(c1ccccc1)c1ccccc1. The van der Waals surface area contributed by atoms with Crippen molar-refractivity contribution in [2.24, 2.45) is 5.41 Å². The average molecular weight is 542 g/mol. The predicted octanol–water partition coefficient (Wildman–Crippen LogP) is 5.36. The number of amides is 1. The molecule has 0 fully saturated rings. The van der Waals surface area contributed by atoms with Gasteiger partial charge in [-0.25, -0.2) is 0 Å². The Morgan fingerprint density at radius 2 is 1.21 bits per heavy atom. The van der Waals surface area contributed by atoms with Crippen molar-refractivity contribution in [3.05, 3.63) is 91.0 Å². The first-order chi connectivity index (χ1) is 16.3. The third-order valence-corrected chi connectivity index (χ3v) is 16.8. The molecule has 0 aliphatic rings. The summed E-state index contributed by atoms with van der Waals surface area (Å²) in [5.41, 5.74) is -0.365. The fourth-order valence-corrected chi connectivity index (χ4v) is 12.3. The van der Waals surface area contributed by atoms with Crippen molar-refractivity contribution >= 4 is 42.6 Å². The number of carbonyl (C=O) groups excluding carboxylic acids is 1. The molecule has 0 spiro atoms. The number of hydrogen-bond donors (Lipinski definition) is 2. The maximum atomic E-state index is 12.7. The van der Waals surface area contributed by atoms with Crippen LogP contribution in [0.15, 0.2) is 91.0 Å². The van der Waals surface area contributed by atoms with E-state index in [1.807, 2.05) is 20.9 Å². The topological polar surface area (TPSA) is 41.1 Å². The molecule has 1 amide bonds. The minimum atomic E-state index is -2.88. The van der Waals surface area contributed by atoms with Gasteiger partial charge in [0.1, 0.15) is 0 Å². The third kappa shape index (κ3) is 5.62. The van der Waals surface area contributed by atoms with Crippen molar-refractivity contribution < 1.29 is 4.79 Å². The Hall–Kier alpha value is -2.00. The number of unbranched alkanes of at least 4 members (excludes halogenated alkanes) is 1. The van der Waals surface area contributed by atoms with Crippen molar-refractivity contribution in [1.82, 2.24) is 10.6 Å². The summed E-state index contributed by atoms with van der Waals surface area (Å²) in [5, 5.41) is 7.45. The fourth-order valence-electron chi connectivity index (χ4n) is 4.58. The summed E-state index contributed by atoms with van der Waals surface area (Å²) in [6.45, 7) is 5.57. The summed E-state index contributed by atoms with van der Waals surface area (Å²) in [5.74, 6) is 0.133. The second kappa shape index (κ2) is 11.6. The van der Waals surface area contributed by atoms with E-state index < -0.39 is 5.31 Å². The Labute approximate surface area is 213 Å². The Morgan fingerprint density at radius 1 is 0.765 bits per heavy atom. The van der Waals surface area contributed by atoms with Gasteiger partial charge in [0.15, 0.2) is 0 Å². The molecule has 3 aromatic rings. The maximum absolute atomic E-state index is 12.7. The molecule has 0 aliphatic carbocycles. The molecule has 0 radical (unpaired) electrons. The normalized spacial score (nSPS) is 13.1. The number of nitrogens with one attached hydrogen (secondary N) is 2. The Kier molecular flexibility index (Phi) is 9.09. The summed E-state index contributed by atoms with van der Waals surface area (Å²) in [6.07, 6.45) is 3.74. The standard InChI is InChI=1S/C29H38BrN2OP/c1-29(2,21-23-31-3)28(33)32-22-13-14-24-34(30,25-15-7-4-8-16-25,26-17-9-5-10-18-26)27-19-11-6-12-20-27/h4-12,15-20,31H,13-14,21-24H2,1-3H3,(H,32,33). The van der Waals surface area contributed by atoms with Crippen LogP contribution in [0.2, 0.25) is 0 Å². The van der Waals surface area contributed by atoms with Crippen LogP contribution >= 0.6 is 20.8 Å². The first kappa shape index (κ1) is 26.6. The molecule has 0 saturated carbocycles. The number of rotatable bonds is 12. The van der Waals surface area contributed by atoms with Gasteiger partial charge >= 0.3 is 214 Å². The Balaban J connectivity index is 1.86. The van der Waals surface area contributed by atoms with Crippen LogP contribution < -0.4 is 26.5 Å². The van der Waals surface area contributed by atoms with Crippen LogP contribution in [0.5, 0.6) is 0 Å². The molecule has 0 aliphatic heterocycles. The van der Waals surface area contributed by atoms with Gasteiger partial charge in [-0.3, -0.25) is 0 Å². The van der Waals surface area contributed by atoms with Crippen molar-refractivity contribution in [2.75, 3.05) is 26.3 Å². The number of benzene rings is 3. The van der Waals surface area contributed by atoms with Gasteiger partial charge in [-0.15, -0.1) is 0 Å². The average Bonchev–Trinajstić information content (AvgIpc) is 2.88. The van der Waals surface area contributed by atoms with Crippen LogP contribution in [0.25, 0.3) is 0 Å². The summed E-state index contributed by atoms with van der Waals surface area (Å²) >= 11 is 4.50. The van der Waals surface area contributed by atoms with Crippen LogP contribution in [-0.4, -0.2) is 32.2 Å². The molecule has 5 heteroatoms. The van der Waals surface area contributed by atoms with Gasteiger partial charge in [0.25, 0.3) is 0 Å². The first-order valence-electron chi connectivity index (χ1n) is 12.2. The molecule has 0 aromatic heterocycles. The Bertz CT molecular complexity index is 942.